The number of aliphatic carboxylic acids is 1. The van der Waals surface area contributed by atoms with Crippen LogP contribution in [0.5, 0.6) is 0 Å². The molecule has 1 atom stereocenters. The van der Waals surface area contributed by atoms with Crippen LogP contribution < -0.4 is 10.6 Å². The topological polar surface area (TPSA) is 81.7 Å². The molecule has 1 rings (SSSR count). The number of carboxylic acids is 1. The van der Waals surface area contributed by atoms with Gasteiger partial charge in [0.1, 0.15) is 6.04 Å². The van der Waals surface area contributed by atoms with E-state index in [2.05, 4.69) is 10.6 Å². The second kappa shape index (κ2) is 5.69. The maximum Gasteiger partial charge on any atom is 0.326 e. The summed E-state index contributed by atoms with van der Waals surface area (Å²) < 4.78 is 0. The first-order valence-electron chi connectivity index (χ1n) is 5.42. The van der Waals surface area contributed by atoms with Gasteiger partial charge >= 0.3 is 12.0 Å². The number of carbonyl (C=O) groups is 2. The SMILES string of the molecule is CN(C)CCNC(=O)NC(C(=O)O)C1CC1. The van der Waals surface area contributed by atoms with E-state index in [-0.39, 0.29) is 5.92 Å². The molecule has 92 valence electrons. The number of rotatable bonds is 6. The standard InChI is InChI=1S/C10H19N3O3/c1-13(2)6-5-11-10(16)12-8(9(14)15)7-3-4-7/h7-8H,3-6H2,1-2H3,(H,14,15)(H2,11,12,16). The van der Waals surface area contributed by atoms with Crippen LogP contribution in [0, 0.1) is 5.92 Å². The fraction of sp³-hybridized carbons (Fsp3) is 0.800. The average Bonchev–Trinajstić information content (AvgIpc) is 2.96. The molecule has 0 heterocycles. The van der Waals surface area contributed by atoms with Crippen molar-refractivity contribution < 1.29 is 14.7 Å². The van der Waals surface area contributed by atoms with E-state index in [0.29, 0.717) is 6.54 Å². The summed E-state index contributed by atoms with van der Waals surface area (Å²) in [6.45, 7) is 1.24. The van der Waals surface area contributed by atoms with Gasteiger partial charge in [-0.05, 0) is 32.9 Å². The predicted molar refractivity (Wildman–Crippen MR) is 59.2 cm³/mol. The van der Waals surface area contributed by atoms with E-state index in [4.69, 9.17) is 5.11 Å². The molecule has 0 radical (unpaired) electrons. The van der Waals surface area contributed by atoms with Crippen LogP contribution in [-0.2, 0) is 4.79 Å². The van der Waals surface area contributed by atoms with Crippen molar-refractivity contribution in [3.8, 4) is 0 Å². The molecule has 1 unspecified atom stereocenters. The zero-order chi connectivity index (χ0) is 12.1. The maximum absolute atomic E-state index is 11.4. The Kier molecular flexibility index (Phi) is 4.54. The van der Waals surface area contributed by atoms with Gasteiger partial charge in [-0.15, -0.1) is 0 Å². The molecular formula is C10H19N3O3. The van der Waals surface area contributed by atoms with Crippen molar-refractivity contribution in [3.63, 3.8) is 0 Å². The van der Waals surface area contributed by atoms with Crippen molar-refractivity contribution in [1.29, 1.82) is 0 Å². The van der Waals surface area contributed by atoms with Crippen LogP contribution in [0.25, 0.3) is 0 Å². The zero-order valence-electron chi connectivity index (χ0n) is 9.69. The van der Waals surface area contributed by atoms with Gasteiger partial charge in [0.05, 0.1) is 0 Å². The quantitative estimate of drug-likeness (QED) is 0.584. The van der Waals surface area contributed by atoms with E-state index < -0.39 is 18.0 Å². The van der Waals surface area contributed by atoms with Crippen LogP contribution in [0.3, 0.4) is 0 Å². The number of urea groups is 1. The maximum atomic E-state index is 11.4. The number of nitrogens with zero attached hydrogens (tertiary/aromatic N) is 1. The summed E-state index contributed by atoms with van der Waals surface area (Å²) in [4.78, 5) is 24.2. The molecule has 1 aliphatic rings. The van der Waals surface area contributed by atoms with Gasteiger partial charge in [-0.2, -0.15) is 0 Å². The predicted octanol–water partition coefficient (Wildman–Crippen LogP) is -0.290. The molecule has 0 aromatic rings. The normalized spacial score (nSPS) is 16.9. The Morgan fingerprint density at radius 2 is 2.06 bits per heavy atom. The van der Waals surface area contributed by atoms with E-state index in [1.165, 1.54) is 0 Å². The minimum atomic E-state index is -0.953. The summed E-state index contributed by atoms with van der Waals surface area (Å²) in [5.74, 6) is -0.845. The van der Waals surface area contributed by atoms with Gasteiger partial charge in [0.15, 0.2) is 0 Å². The Balaban J connectivity index is 2.23. The van der Waals surface area contributed by atoms with E-state index in [1.54, 1.807) is 0 Å². The second-order valence-corrected chi connectivity index (χ2v) is 4.36. The molecular weight excluding hydrogens is 210 g/mol. The first-order valence-corrected chi connectivity index (χ1v) is 5.42. The Labute approximate surface area is 95.0 Å². The summed E-state index contributed by atoms with van der Waals surface area (Å²) in [5.41, 5.74) is 0. The van der Waals surface area contributed by atoms with Gasteiger partial charge in [-0.1, -0.05) is 0 Å². The summed E-state index contributed by atoms with van der Waals surface area (Å²) >= 11 is 0. The minimum Gasteiger partial charge on any atom is -0.480 e. The van der Waals surface area contributed by atoms with E-state index in [9.17, 15) is 9.59 Å². The lowest BCUT2D eigenvalue weighted by Crippen LogP contribution is -2.48. The highest BCUT2D eigenvalue weighted by atomic mass is 16.4. The third kappa shape index (κ3) is 4.48. The van der Waals surface area contributed by atoms with Gasteiger partial charge in [-0.25, -0.2) is 9.59 Å². The van der Waals surface area contributed by atoms with Crippen LogP contribution in [0.15, 0.2) is 0 Å². The van der Waals surface area contributed by atoms with Crippen molar-refractivity contribution in [2.24, 2.45) is 5.92 Å². The molecule has 0 spiro atoms. The van der Waals surface area contributed by atoms with Crippen LogP contribution in [-0.4, -0.2) is 55.2 Å². The highest BCUT2D eigenvalue weighted by Crippen LogP contribution is 2.32. The van der Waals surface area contributed by atoms with Gasteiger partial charge in [0.25, 0.3) is 0 Å². The van der Waals surface area contributed by atoms with Crippen molar-refractivity contribution in [2.75, 3.05) is 27.2 Å². The fourth-order valence-electron chi connectivity index (χ4n) is 1.40. The third-order valence-corrected chi connectivity index (χ3v) is 2.49. The number of hydrogen-bond acceptors (Lipinski definition) is 3. The highest BCUT2D eigenvalue weighted by molar-refractivity contribution is 5.83. The molecule has 0 bridgehead atoms. The Bertz CT molecular complexity index is 264. The number of nitrogens with one attached hydrogen (secondary N) is 2. The molecule has 16 heavy (non-hydrogen) atoms. The molecule has 2 amide bonds. The molecule has 3 N–H and O–H groups in total. The number of carbonyl (C=O) groups excluding carboxylic acids is 1. The largest absolute Gasteiger partial charge is 0.480 e. The van der Waals surface area contributed by atoms with Gasteiger partial charge < -0.3 is 20.6 Å². The minimum absolute atomic E-state index is 0.108. The van der Waals surface area contributed by atoms with Crippen molar-refractivity contribution in [2.45, 2.75) is 18.9 Å². The molecule has 0 saturated heterocycles. The molecule has 6 heteroatoms. The van der Waals surface area contributed by atoms with Gasteiger partial charge in [0.2, 0.25) is 0 Å². The average molecular weight is 229 g/mol. The number of carboxylic acid groups (broad SMARTS) is 1. The second-order valence-electron chi connectivity index (χ2n) is 4.36. The molecule has 1 fully saturated rings. The molecule has 6 nitrogen and oxygen atoms in total. The number of amides is 2. The Morgan fingerprint density at radius 3 is 2.50 bits per heavy atom. The first-order chi connectivity index (χ1) is 7.50. The first kappa shape index (κ1) is 12.8. The van der Waals surface area contributed by atoms with Crippen LogP contribution in [0.2, 0.25) is 0 Å². The lowest BCUT2D eigenvalue weighted by Gasteiger charge is -2.15. The number of hydrogen-bond donors (Lipinski definition) is 3. The zero-order valence-corrected chi connectivity index (χ0v) is 9.69. The van der Waals surface area contributed by atoms with Crippen molar-refractivity contribution >= 4 is 12.0 Å². The van der Waals surface area contributed by atoms with Crippen LogP contribution >= 0.6 is 0 Å². The molecule has 1 aliphatic carbocycles. The molecule has 0 aromatic carbocycles. The van der Waals surface area contributed by atoms with E-state index in [1.807, 2.05) is 19.0 Å². The molecule has 1 saturated carbocycles. The third-order valence-electron chi connectivity index (χ3n) is 2.49. The van der Waals surface area contributed by atoms with Crippen LogP contribution in [0.4, 0.5) is 4.79 Å². The summed E-state index contributed by atoms with van der Waals surface area (Å²) in [7, 11) is 3.81. The lowest BCUT2D eigenvalue weighted by atomic mass is 10.2. The monoisotopic (exact) mass is 229 g/mol. The van der Waals surface area contributed by atoms with Crippen molar-refractivity contribution in [3.05, 3.63) is 0 Å². The number of likely N-dealkylation sites (N-methyl/N-ethyl adjacent to an activating group) is 1. The van der Waals surface area contributed by atoms with Gasteiger partial charge in [-0.3, -0.25) is 0 Å². The lowest BCUT2D eigenvalue weighted by molar-refractivity contribution is -0.139. The van der Waals surface area contributed by atoms with E-state index in [0.717, 1.165) is 19.4 Å². The fourth-order valence-corrected chi connectivity index (χ4v) is 1.40. The summed E-state index contributed by atoms with van der Waals surface area (Å²) in [6.07, 6.45) is 1.77. The summed E-state index contributed by atoms with van der Waals surface area (Å²) in [5, 5.41) is 14.0. The van der Waals surface area contributed by atoms with Gasteiger partial charge in [0, 0.05) is 13.1 Å². The van der Waals surface area contributed by atoms with Crippen molar-refractivity contribution in [1.82, 2.24) is 15.5 Å². The Morgan fingerprint density at radius 1 is 1.44 bits per heavy atom. The molecule has 0 aromatic heterocycles. The summed E-state index contributed by atoms with van der Waals surface area (Å²) in [6, 6.07) is -1.14. The Hall–Kier alpha value is -1.30. The molecule has 0 aliphatic heterocycles. The van der Waals surface area contributed by atoms with Crippen LogP contribution in [0.1, 0.15) is 12.8 Å². The smallest absolute Gasteiger partial charge is 0.326 e. The van der Waals surface area contributed by atoms with E-state index >= 15 is 0 Å². The highest BCUT2D eigenvalue weighted by Gasteiger charge is 2.37.